The molecule has 0 saturated carbocycles. The average molecular weight is 956 g/mol. The molecule has 8 amide bonds. The van der Waals surface area contributed by atoms with Crippen molar-refractivity contribution in [1.29, 1.82) is 0 Å². The molecule has 3 fully saturated rings. The molecule has 2 aromatic carbocycles. The van der Waals surface area contributed by atoms with Crippen LogP contribution in [0.1, 0.15) is 70.8 Å². The van der Waals surface area contributed by atoms with Gasteiger partial charge in [0.1, 0.15) is 23.3 Å². The Morgan fingerprint density at radius 1 is 0.939 bits per heavy atom. The number of rotatable bonds is 23. The van der Waals surface area contributed by atoms with Crippen LogP contribution in [0, 0.1) is 5.92 Å². The first-order valence-corrected chi connectivity index (χ1v) is 24.7. The van der Waals surface area contributed by atoms with Gasteiger partial charge in [0.05, 0.1) is 23.3 Å². The highest BCUT2D eigenvalue weighted by Gasteiger charge is 2.46. The van der Waals surface area contributed by atoms with Gasteiger partial charge >= 0.3 is 0 Å². The van der Waals surface area contributed by atoms with Gasteiger partial charge in [-0.3, -0.25) is 53.9 Å². The van der Waals surface area contributed by atoms with E-state index in [0.29, 0.717) is 32.5 Å². The lowest BCUT2D eigenvalue weighted by Crippen LogP contribution is -2.54. The van der Waals surface area contributed by atoms with E-state index in [1.54, 1.807) is 11.8 Å². The number of nitrogens with zero attached hydrogens (tertiary/aromatic N) is 3. The molecule has 4 heterocycles. The number of benzene rings is 2. The number of nitrogens with one attached hydrogen (secondary N) is 6. The normalized spacial score (nSPS) is 21.3. The van der Waals surface area contributed by atoms with Crippen molar-refractivity contribution in [3.8, 4) is 5.75 Å². The molecule has 0 bridgehead atoms. The van der Waals surface area contributed by atoms with E-state index in [9.17, 15) is 46.8 Å². The maximum atomic E-state index is 13.5. The van der Waals surface area contributed by atoms with Gasteiger partial charge in [-0.1, -0.05) is 36.4 Å². The quantitative estimate of drug-likeness (QED) is 0.0580. The lowest BCUT2D eigenvalue weighted by molar-refractivity contribution is -0.136. The summed E-state index contributed by atoms with van der Waals surface area (Å²) in [4.78, 5) is 105. The molecule has 0 radical (unpaired) electrons. The first-order valence-electron chi connectivity index (χ1n) is 21.8. The minimum atomic E-state index is -3.45. The van der Waals surface area contributed by atoms with Crippen LogP contribution in [-0.2, 0) is 43.5 Å². The number of carbonyl (C=O) groups is 8. The second-order valence-electron chi connectivity index (χ2n) is 16.4. The molecule has 21 nitrogen and oxygen atoms in total. The molecule has 3 saturated heterocycles. The average Bonchev–Trinajstić information content (AvgIpc) is 4.03. The molecule has 66 heavy (non-hydrogen) atoms. The summed E-state index contributed by atoms with van der Waals surface area (Å²) in [5.41, 5.74) is 0.708. The van der Waals surface area contributed by atoms with Crippen LogP contribution in [0.5, 0.6) is 5.75 Å². The van der Waals surface area contributed by atoms with Crippen molar-refractivity contribution in [3.05, 3.63) is 65.2 Å². The van der Waals surface area contributed by atoms with Gasteiger partial charge in [0, 0.05) is 77.1 Å². The molecule has 6 rings (SSSR count). The number of piperidine rings is 1. The minimum absolute atomic E-state index is 0.0114. The largest absolute Gasteiger partial charge is 0.483 e. The highest BCUT2D eigenvalue weighted by atomic mass is 32.2. The monoisotopic (exact) mass is 955 g/mol. The maximum absolute atomic E-state index is 13.5. The van der Waals surface area contributed by atoms with Crippen LogP contribution in [0.25, 0.3) is 0 Å². The Morgan fingerprint density at radius 3 is 2.39 bits per heavy atom. The fourth-order valence-electron chi connectivity index (χ4n) is 7.87. The minimum Gasteiger partial charge on any atom is -0.483 e. The number of fused-ring (bicyclic) bond motifs is 1. The Morgan fingerprint density at radius 2 is 1.68 bits per heavy atom. The number of amides is 8. The molecule has 4 aliphatic rings. The Kier molecular flexibility index (Phi) is 17.7. The number of hydrogen-bond acceptors (Lipinski definition) is 15. The third-order valence-corrected chi connectivity index (χ3v) is 13.9. The molecule has 4 unspecified atom stereocenters. The van der Waals surface area contributed by atoms with E-state index in [2.05, 4.69) is 31.9 Å². The van der Waals surface area contributed by atoms with Gasteiger partial charge in [-0.05, 0) is 50.4 Å². The summed E-state index contributed by atoms with van der Waals surface area (Å²) in [7, 11) is -1.62. The van der Waals surface area contributed by atoms with E-state index in [1.165, 1.54) is 22.5 Å². The molecule has 2 aromatic rings. The predicted molar refractivity (Wildman–Crippen MR) is 240 cm³/mol. The van der Waals surface area contributed by atoms with Gasteiger partial charge < -0.3 is 35.6 Å². The van der Waals surface area contributed by atoms with Crippen molar-refractivity contribution in [2.45, 2.75) is 62.1 Å². The first kappa shape index (κ1) is 50.0. The summed E-state index contributed by atoms with van der Waals surface area (Å²) in [5.74, 6) is -3.89. The van der Waals surface area contributed by atoms with Crippen molar-refractivity contribution in [2.24, 2.45) is 5.92 Å². The van der Waals surface area contributed by atoms with E-state index < -0.39 is 76.0 Å². The van der Waals surface area contributed by atoms with E-state index in [4.69, 9.17) is 9.47 Å². The second kappa shape index (κ2) is 23.3. The van der Waals surface area contributed by atoms with Gasteiger partial charge in [-0.25, -0.2) is 12.7 Å². The smallest absolute Gasteiger partial charge is 0.266 e. The Hall–Kier alpha value is -5.46. The number of ether oxygens (including phenoxy) is 2. The van der Waals surface area contributed by atoms with Crippen molar-refractivity contribution in [3.63, 3.8) is 0 Å². The van der Waals surface area contributed by atoms with Gasteiger partial charge in [-0.2, -0.15) is 0 Å². The predicted octanol–water partition coefficient (Wildman–Crippen LogP) is -0.938. The summed E-state index contributed by atoms with van der Waals surface area (Å²) in [6.07, 6.45) is 2.23. The lowest BCUT2D eigenvalue weighted by Gasteiger charge is -2.27. The molecule has 358 valence electrons. The second-order valence-corrected chi connectivity index (χ2v) is 19.6. The summed E-state index contributed by atoms with van der Waals surface area (Å²) in [6.45, 7) is 1.78. The van der Waals surface area contributed by atoms with E-state index in [-0.39, 0.29) is 92.9 Å². The van der Waals surface area contributed by atoms with Crippen LogP contribution in [-0.4, -0.2) is 166 Å². The first-order chi connectivity index (χ1) is 31.6. The molecule has 4 aliphatic heterocycles. The molecule has 0 aromatic heterocycles. The topological polar surface area (TPSA) is 271 Å². The molecule has 0 aliphatic carbocycles. The summed E-state index contributed by atoms with van der Waals surface area (Å²) in [6, 6.07) is 12.3. The number of sulfonamides is 1. The van der Waals surface area contributed by atoms with Crippen LogP contribution in [0.4, 0.5) is 0 Å². The lowest BCUT2D eigenvalue weighted by atomic mass is 10.0. The molecular formula is C43H57N9O12S2. The Labute approximate surface area is 387 Å². The standard InChI is InChI=1S/C43H57N9O12S2/c1-50(21-18-45-36(55)25-64-33-11-6-10-29-37(33)42(60)52(41(29)59)32-13-14-35(54)48-40(32)58)20-17-44-34(53)12-7-22-63-23-16-30(46-38(56)28-15-19-51(24-28)66(2,61)62)39(57)49-43-47-31(26-65-43)27-8-4-3-5-9-27/h3-6,8-11,28,30-32,43,47H,7,12-26H2,1-2H3,(H,44,53)(H,45,55)(H,46,56)(H,49,57)(H,48,54,58)/t28?,30-,31?,32?,43?/m0/s1. The third-order valence-electron chi connectivity index (χ3n) is 11.5. The van der Waals surface area contributed by atoms with Crippen molar-refractivity contribution < 1.29 is 56.2 Å². The van der Waals surface area contributed by atoms with Crippen LogP contribution >= 0.6 is 11.8 Å². The maximum Gasteiger partial charge on any atom is 0.266 e. The fraction of sp³-hybridized carbons (Fsp3) is 0.535. The zero-order valence-electron chi connectivity index (χ0n) is 36.9. The molecule has 5 atom stereocenters. The molecule has 23 heteroatoms. The Balaban J connectivity index is 0.844. The number of likely N-dealkylation sites (N-methyl/N-ethyl adjacent to an activating group) is 1. The fourth-order valence-corrected chi connectivity index (χ4v) is 9.89. The highest BCUT2D eigenvalue weighted by molar-refractivity contribution is 8.00. The number of imide groups is 2. The van der Waals surface area contributed by atoms with Gasteiger partial charge in [0.15, 0.2) is 6.61 Å². The van der Waals surface area contributed by atoms with Gasteiger partial charge in [-0.15, -0.1) is 11.8 Å². The van der Waals surface area contributed by atoms with Gasteiger partial charge in [0.25, 0.3) is 17.7 Å². The number of carbonyl (C=O) groups excluding carboxylic acids is 8. The summed E-state index contributed by atoms with van der Waals surface area (Å²) >= 11 is 1.54. The van der Waals surface area contributed by atoms with Gasteiger partial charge in [0.2, 0.25) is 39.6 Å². The van der Waals surface area contributed by atoms with Crippen molar-refractivity contribution in [1.82, 2.24) is 46.0 Å². The molecule has 0 spiro atoms. The SMILES string of the molecule is CN(CCNC(=O)CCCOCC[C@H](NC(=O)C1CCN(S(C)(=O)=O)C1)C(=O)NC1NC(c2ccccc2)CS1)CCNC(=O)COc1cccc2c1C(=O)N(C1CCC(=O)NC1=O)C2=O. The van der Waals surface area contributed by atoms with Crippen molar-refractivity contribution >= 4 is 69.0 Å². The number of thioether (sulfide) groups is 1. The Bertz CT molecular complexity index is 2250. The van der Waals surface area contributed by atoms with Crippen LogP contribution in [0.3, 0.4) is 0 Å². The number of hydrogen-bond donors (Lipinski definition) is 6. The summed E-state index contributed by atoms with van der Waals surface area (Å²) < 4.78 is 36.7. The van der Waals surface area contributed by atoms with E-state index >= 15 is 0 Å². The zero-order valence-corrected chi connectivity index (χ0v) is 38.5. The van der Waals surface area contributed by atoms with Crippen molar-refractivity contribution in [2.75, 3.05) is 78.1 Å². The summed E-state index contributed by atoms with van der Waals surface area (Å²) in [5, 5.41) is 16.9. The molecular weight excluding hydrogens is 899 g/mol. The highest BCUT2D eigenvalue weighted by Crippen LogP contribution is 2.34. The zero-order chi connectivity index (χ0) is 47.4. The van der Waals surface area contributed by atoms with Crippen LogP contribution in [0.2, 0.25) is 0 Å². The van der Waals surface area contributed by atoms with E-state index in [0.717, 1.165) is 22.5 Å². The van der Waals surface area contributed by atoms with Crippen LogP contribution < -0.4 is 36.6 Å². The molecule has 6 N–H and O–H groups in total. The van der Waals surface area contributed by atoms with Crippen LogP contribution in [0.15, 0.2) is 48.5 Å². The van der Waals surface area contributed by atoms with E-state index in [1.807, 2.05) is 42.3 Å². The third kappa shape index (κ3) is 13.6.